The summed E-state index contributed by atoms with van der Waals surface area (Å²) < 4.78 is 40.2. The van der Waals surface area contributed by atoms with E-state index in [1.807, 2.05) is 54.7 Å². The molecule has 1 aliphatic heterocycles. The Morgan fingerprint density at radius 3 is 2.52 bits per heavy atom. The Labute approximate surface area is 165 Å². The minimum Gasteiger partial charge on any atom is -0.361 e. The van der Waals surface area contributed by atoms with Gasteiger partial charge in [0.2, 0.25) is 0 Å². The van der Waals surface area contributed by atoms with E-state index < -0.39 is 11.7 Å². The van der Waals surface area contributed by atoms with E-state index in [0.717, 1.165) is 44.9 Å². The number of aromatic nitrogens is 1. The molecular formula is C24H15F3N2. The fraction of sp³-hybridized carbons (Fsp3) is 0.0417. The Bertz CT molecular complexity index is 1290. The molecule has 0 saturated carbocycles. The number of para-hydroxylation sites is 2. The Kier molecular flexibility index (Phi) is 3.91. The topological polar surface area (TPSA) is 28.1 Å². The van der Waals surface area contributed by atoms with E-state index in [1.165, 1.54) is 12.1 Å². The largest absolute Gasteiger partial charge is 0.416 e. The third-order valence-electron chi connectivity index (χ3n) is 5.13. The van der Waals surface area contributed by atoms with E-state index in [9.17, 15) is 13.2 Å². The summed E-state index contributed by atoms with van der Waals surface area (Å²) in [5.41, 5.74) is 4.86. The first kappa shape index (κ1) is 17.5. The number of rotatable bonds is 2. The lowest BCUT2D eigenvalue weighted by molar-refractivity contribution is -0.137. The van der Waals surface area contributed by atoms with E-state index in [0.29, 0.717) is 5.56 Å². The number of benzene rings is 3. The molecule has 0 bridgehead atoms. The van der Waals surface area contributed by atoms with E-state index in [1.54, 1.807) is 12.3 Å². The summed E-state index contributed by atoms with van der Waals surface area (Å²) in [6.07, 6.45) is -0.822. The maximum Gasteiger partial charge on any atom is 0.416 e. The second-order valence-corrected chi connectivity index (χ2v) is 6.89. The van der Waals surface area contributed by atoms with Crippen molar-refractivity contribution >= 4 is 34.0 Å². The number of allylic oxidation sites excluding steroid dienone is 1. The van der Waals surface area contributed by atoms with Crippen LogP contribution in [0.2, 0.25) is 0 Å². The number of nitrogens with one attached hydrogen (secondary N) is 1. The van der Waals surface area contributed by atoms with Gasteiger partial charge in [-0.2, -0.15) is 13.2 Å². The number of hydrogen-bond acceptors (Lipinski definition) is 1. The number of hydrogen-bond donors (Lipinski definition) is 1. The summed E-state index contributed by atoms with van der Waals surface area (Å²) in [6.45, 7) is 0. The Morgan fingerprint density at radius 2 is 1.66 bits per heavy atom. The average molecular weight is 388 g/mol. The maximum absolute atomic E-state index is 13.4. The number of nitrogens with zero attached hydrogens (tertiary/aromatic N) is 1. The van der Waals surface area contributed by atoms with Crippen LogP contribution in [0, 0.1) is 0 Å². The molecule has 3 aromatic carbocycles. The quantitative estimate of drug-likeness (QED) is 0.388. The van der Waals surface area contributed by atoms with Crippen molar-refractivity contribution in [2.24, 2.45) is 4.99 Å². The first-order valence-electron chi connectivity index (χ1n) is 9.14. The van der Waals surface area contributed by atoms with Crippen LogP contribution in [0.1, 0.15) is 22.3 Å². The predicted octanol–water partition coefficient (Wildman–Crippen LogP) is 6.86. The van der Waals surface area contributed by atoms with Gasteiger partial charge in [-0.05, 0) is 29.8 Å². The molecule has 5 rings (SSSR count). The van der Waals surface area contributed by atoms with Gasteiger partial charge in [-0.1, -0.05) is 48.5 Å². The highest BCUT2D eigenvalue weighted by Crippen LogP contribution is 2.42. The van der Waals surface area contributed by atoms with Crippen LogP contribution in [0.3, 0.4) is 0 Å². The fourth-order valence-electron chi connectivity index (χ4n) is 3.80. The molecule has 0 fully saturated rings. The minimum absolute atomic E-state index is 0.503. The smallest absolute Gasteiger partial charge is 0.361 e. The van der Waals surface area contributed by atoms with Gasteiger partial charge in [0.05, 0.1) is 11.3 Å². The van der Waals surface area contributed by atoms with Gasteiger partial charge in [-0.25, -0.2) is 0 Å². The summed E-state index contributed by atoms with van der Waals surface area (Å²) in [6, 6.07) is 20.9. The van der Waals surface area contributed by atoms with Crippen LogP contribution in [-0.2, 0) is 6.18 Å². The van der Waals surface area contributed by atoms with Crippen LogP contribution in [-0.4, -0.2) is 11.2 Å². The Hall–Kier alpha value is -3.60. The van der Waals surface area contributed by atoms with Crippen LogP contribution in [0.15, 0.2) is 84.0 Å². The van der Waals surface area contributed by atoms with Crippen LogP contribution in [0.4, 0.5) is 18.9 Å². The van der Waals surface area contributed by atoms with Crippen molar-refractivity contribution in [3.63, 3.8) is 0 Å². The van der Waals surface area contributed by atoms with Gasteiger partial charge in [0.25, 0.3) is 0 Å². The normalized spacial score (nSPS) is 15.0. The van der Waals surface area contributed by atoms with Gasteiger partial charge in [-0.3, -0.25) is 4.99 Å². The highest BCUT2D eigenvalue weighted by molar-refractivity contribution is 6.27. The number of aliphatic imine (C=N–C) groups is 1. The fourth-order valence-corrected chi connectivity index (χ4v) is 3.80. The lowest BCUT2D eigenvalue weighted by atomic mass is 9.89. The molecule has 1 aliphatic rings. The molecule has 142 valence electrons. The van der Waals surface area contributed by atoms with Crippen molar-refractivity contribution in [3.05, 3.63) is 101 Å². The third-order valence-corrected chi connectivity index (χ3v) is 5.13. The van der Waals surface area contributed by atoms with Crippen molar-refractivity contribution in [3.8, 4) is 0 Å². The number of aromatic amines is 1. The summed E-state index contributed by atoms with van der Waals surface area (Å²) >= 11 is 0. The van der Waals surface area contributed by atoms with Gasteiger partial charge < -0.3 is 4.98 Å². The highest BCUT2D eigenvalue weighted by Gasteiger charge is 2.31. The van der Waals surface area contributed by atoms with Gasteiger partial charge in [0.15, 0.2) is 0 Å². The molecule has 29 heavy (non-hydrogen) atoms. The molecule has 0 atom stereocenters. The summed E-state index contributed by atoms with van der Waals surface area (Å²) in [5.74, 6) is 0. The number of alkyl halides is 3. The first-order chi connectivity index (χ1) is 14.0. The molecule has 2 heterocycles. The molecule has 0 saturated heterocycles. The van der Waals surface area contributed by atoms with Gasteiger partial charge in [-0.15, -0.1) is 0 Å². The van der Waals surface area contributed by atoms with E-state index in [2.05, 4.69) is 9.98 Å². The zero-order valence-electron chi connectivity index (χ0n) is 15.2. The van der Waals surface area contributed by atoms with Crippen LogP contribution < -0.4 is 0 Å². The molecule has 0 amide bonds. The zero-order valence-corrected chi connectivity index (χ0v) is 15.2. The molecule has 1 aromatic heterocycles. The van der Waals surface area contributed by atoms with Crippen molar-refractivity contribution < 1.29 is 13.2 Å². The van der Waals surface area contributed by atoms with E-state index in [4.69, 9.17) is 0 Å². The SMILES string of the molecule is FC(F)(F)c1cccc(/C(=C2/C=Nc3ccccc32)c2c[nH]c3ccccc23)c1. The summed E-state index contributed by atoms with van der Waals surface area (Å²) in [5, 5.41) is 0.949. The predicted molar refractivity (Wildman–Crippen MR) is 110 cm³/mol. The van der Waals surface area contributed by atoms with Crippen LogP contribution in [0.25, 0.3) is 22.0 Å². The summed E-state index contributed by atoms with van der Waals surface area (Å²) in [7, 11) is 0. The van der Waals surface area contributed by atoms with Crippen molar-refractivity contribution in [2.45, 2.75) is 6.18 Å². The van der Waals surface area contributed by atoms with Gasteiger partial charge in [0.1, 0.15) is 0 Å². The number of fused-ring (bicyclic) bond motifs is 2. The molecule has 0 spiro atoms. The average Bonchev–Trinajstić information content (AvgIpc) is 3.34. The van der Waals surface area contributed by atoms with Gasteiger partial charge in [0, 0.05) is 45.6 Å². The standard InChI is InChI=1S/C24H15F3N2/c25-24(26,27)16-7-5-6-15(12-16)23(19-13-28-21-10-3-1-8-17(19)21)20-14-29-22-11-4-2-9-18(20)22/h1-14,28H/b23-20+. The molecule has 4 aromatic rings. The molecular weight excluding hydrogens is 373 g/mol. The second-order valence-electron chi connectivity index (χ2n) is 6.89. The Balaban J connectivity index is 1.83. The molecule has 0 aliphatic carbocycles. The van der Waals surface area contributed by atoms with E-state index in [-0.39, 0.29) is 0 Å². The van der Waals surface area contributed by atoms with Crippen molar-refractivity contribution in [2.75, 3.05) is 0 Å². The van der Waals surface area contributed by atoms with Crippen molar-refractivity contribution in [1.29, 1.82) is 0 Å². The highest BCUT2D eigenvalue weighted by atomic mass is 19.4. The second kappa shape index (κ2) is 6.48. The Morgan fingerprint density at radius 1 is 0.862 bits per heavy atom. The lowest BCUT2D eigenvalue weighted by Crippen LogP contribution is -2.05. The molecule has 0 unspecified atom stereocenters. The molecule has 0 radical (unpaired) electrons. The molecule has 5 heteroatoms. The summed E-state index contributed by atoms with van der Waals surface area (Å²) in [4.78, 5) is 7.70. The van der Waals surface area contributed by atoms with Crippen LogP contribution >= 0.6 is 0 Å². The first-order valence-corrected chi connectivity index (χ1v) is 9.14. The maximum atomic E-state index is 13.4. The zero-order chi connectivity index (χ0) is 20.0. The van der Waals surface area contributed by atoms with Crippen molar-refractivity contribution in [1.82, 2.24) is 4.98 Å². The minimum atomic E-state index is -4.41. The lowest BCUT2D eigenvalue weighted by Gasteiger charge is -2.14. The van der Waals surface area contributed by atoms with E-state index >= 15 is 0 Å². The molecule has 1 N–H and O–H groups in total. The third kappa shape index (κ3) is 2.95. The van der Waals surface area contributed by atoms with Crippen LogP contribution in [0.5, 0.6) is 0 Å². The monoisotopic (exact) mass is 388 g/mol. The van der Waals surface area contributed by atoms with Gasteiger partial charge >= 0.3 is 6.18 Å². The number of H-pyrrole nitrogens is 1. The molecule has 2 nitrogen and oxygen atoms in total. The number of halogens is 3.